The van der Waals surface area contributed by atoms with Gasteiger partial charge in [-0.05, 0) is 24.3 Å². The molecule has 2 fully saturated rings. The van der Waals surface area contributed by atoms with Crippen LogP contribution in [0, 0.1) is 5.92 Å². The molecule has 0 aromatic heterocycles. The summed E-state index contributed by atoms with van der Waals surface area (Å²) in [5, 5.41) is 0. The number of aldehydes is 1. The molecule has 0 aliphatic carbocycles. The van der Waals surface area contributed by atoms with Gasteiger partial charge < -0.3 is 19.0 Å². The van der Waals surface area contributed by atoms with Gasteiger partial charge in [0.15, 0.2) is 6.29 Å². The van der Waals surface area contributed by atoms with Crippen LogP contribution >= 0.6 is 0 Å². The molecule has 4 nitrogen and oxygen atoms in total. The number of hydrogen-bond donors (Lipinski definition) is 0. The Balaban J connectivity index is 1.37. The van der Waals surface area contributed by atoms with Crippen LogP contribution < -0.4 is 0 Å². The van der Waals surface area contributed by atoms with Crippen molar-refractivity contribution < 1.29 is 19.0 Å². The van der Waals surface area contributed by atoms with Crippen LogP contribution in [0.2, 0.25) is 0 Å². The van der Waals surface area contributed by atoms with Gasteiger partial charge in [0, 0.05) is 6.61 Å². The smallest absolute Gasteiger partial charge is 0.151 e. The summed E-state index contributed by atoms with van der Waals surface area (Å²) in [7, 11) is 0. The van der Waals surface area contributed by atoms with Gasteiger partial charge in [0.05, 0.1) is 18.8 Å². The molecular weight excluding hydrogens is 268 g/mol. The summed E-state index contributed by atoms with van der Waals surface area (Å²) in [6.45, 7) is 3.53. The zero-order chi connectivity index (χ0) is 14.7. The van der Waals surface area contributed by atoms with Crippen LogP contribution in [0.15, 0.2) is 30.3 Å². The Morgan fingerprint density at radius 3 is 2.81 bits per heavy atom. The van der Waals surface area contributed by atoms with Gasteiger partial charge in [0.25, 0.3) is 0 Å². The molecule has 5 atom stereocenters. The molecule has 2 heterocycles. The summed E-state index contributed by atoms with van der Waals surface area (Å²) in [5.74, 6) is 0.492. The van der Waals surface area contributed by atoms with Gasteiger partial charge in [-0.1, -0.05) is 37.3 Å². The summed E-state index contributed by atoms with van der Waals surface area (Å²) in [6.07, 6.45) is 2.77. The first-order valence-corrected chi connectivity index (χ1v) is 7.66. The second-order valence-electron chi connectivity index (χ2n) is 5.95. The first-order valence-electron chi connectivity index (χ1n) is 7.66. The lowest BCUT2D eigenvalue weighted by molar-refractivity contribution is -0.108. The Morgan fingerprint density at radius 1 is 1.29 bits per heavy atom. The van der Waals surface area contributed by atoms with E-state index in [1.54, 1.807) is 0 Å². The van der Waals surface area contributed by atoms with Gasteiger partial charge in [-0.3, -0.25) is 0 Å². The van der Waals surface area contributed by atoms with E-state index in [0.717, 1.165) is 19.1 Å². The predicted molar refractivity (Wildman–Crippen MR) is 77.9 cm³/mol. The van der Waals surface area contributed by atoms with E-state index in [1.807, 2.05) is 18.2 Å². The number of hydrogen-bond acceptors (Lipinski definition) is 4. The topological polar surface area (TPSA) is 48.1 Å². The van der Waals surface area contributed by atoms with Crippen molar-refractivity contribution in [1.82, 2.24) is 0 Å². The third kappa shape index (κ3) is 3.70. The third-order valence-electron chi connectivity index (χ3n) is 4.31. The Bertz CT molecular complexity index is 461. The molecule has 2 aliphatic rings. The highest BCUT2D eigenvalue weighted by Crippen LogP contribution is 2.37. The van der Waals surface area contributed by atoms with Crippen LogP contribution in [0.3, 0.4) is 0 Å². The molecule has 1 aromatic carbocycles. The maximum absolute atomic E-state index is 10.6. The average molecular weight is 290 g/mol. The molecule has 21 heavy (non-hydrogen) atoms. The Morgan fingerprint density at radius 2 is 2.10 bits per heavy atom. The van der Waals surface area contributed by atoms with Crippen molar-refractivity contribution in [2.75, 3.05) is 6.61 Å². The van der Waals surface area contributed by atoms with Gasteiger partial charge in [0.1, 0.15) is 12.2 Å². The molecule has 2 saturated heterocycles. The first kappa shape index (κ1) is 14.7. The minimum absolute atomic E-state index is 0.0137. The highest BCUT2D eigenvalue weighted by molar-refractivity contribution is 5.60. The zero-order valence-corrected chi connectivity index (χ0v) is 12.3. The van der Waals surface area contributed by atoms with Gasteiger partial charge in [0.2, 0.25) is 0 Å². The number of epoxide rings is 1. The first-order chi connectivity index (χ1) is 10.3. The fourth-order valence-electron chi connectivity index (χ4n) is 3.01. The fourth-order valence-corrected chi connectivity index (χ4v) is 3.01. The summed E-state index contributed by atoms with van der Waals surface area (Å²) in [6, 6.07) is 10.2. The normalized spacial score (nSPS) is 34.8. The monoisotopic (exact) mass is 290 g/mol. The molecule has 0 saturated carbocycles. The van der Waals surface area contributed by atoms with Crippen LogP contribution in [-0.2, 0) is 25.6 Å². The van der Waals surface area contributed by atoms with Crippen molar-refractivity contribution in [2.24, 2.45) is 5.92 Å². The van der Waals surface area contributed by atoms with Crippen LogP contribution in [0.4, 0.5) is 0 Å². The highest BCUT2D eigenvalue weighted by Gasteiger charge is 2.49. The summed E-state index contributed by atoms with van der Waals surface area (Å²) in [5.41, 5.74) is 1.19. The molecule has 1 aromatic rings. The molecule has 3 rings (SSSR count). The minimum Gasteiger partial charge on any atom is -0.377 e. The molecule has 114 valence electrons. The van der Waals surface area contributed by atoms with E-state index in [0.29, 0.717) is 19.1 Å². The van der Waals surface area contributed by atoms with E-state index in [2.05, 4.69) is 19.1 Å². The molecule has 2 aliphatic heterocycles. The minimum atomic E-state index is -0.240. The molecule has 4 heteroatoms. The van der Waals surface area contributed by atoms with Crippen LogP contribution in [0.1, 0.15) is 25.3 Å². The molecule has 0 amide bonds. The quantitative estimate of drug-likeness (QED) is 0.439. The standard InChI is InChI=1S/C17H22O4/c1-12-9-15(17-16(10-18)21-17)20-14(12)7-8-19-11-13-5-3-2-4-6-13/h2-6,10,12,14-17H,7-9,11H2,1H3/t12-,14+,15-,16+,17+/m1/s1. The lowest BCUT2D eigenvalue weighted by Crippen LogP contribution is -2.20. The Hall–Kier alpha value is -1.23. The third-order valence-corrected chi connectivity index (χ3v) is 4.31. The number of carbonyl (C=O) groups is 1. The van der Waals surface area contributed by atoms with Gasteiger partial charge in [-0.2, -0.15) is 0 Å². The number of ether oxygens (including phenoxy) is 3. The van der Waals surface area contributed by atoms with Crippen molar-refractivity contribution >= 4 is 6.29 Å². The number of benzene rings is 1. The zero-order valence-electron chi connectivity index (χ0n) is 12.3. The Kier molecular flexibility index (Phi) is 4.68. The second kappa shape index (κ2) is 6.69. The van der Waals surface area contributed by atoms with Crippen LogP contribution in [0.25, 0.3) is 0 Å². The lowest BCUT2D eigenvalue weighted by atomic mass is 9.98. The van der Waals surface area contributed by atoms with Crippen molar-refractivity contribution in [2.45, 2.75) is 50.8 Å². The molecule has 0 spiro atoms. The largest absolute Gasteiger partial charge is 0.377 e. The van der Waals surface area contributed by atoms with E-state index in [1.165, 1.54) is 5.56 Å². The van der Waals surface area contributed by atoms with Crippen molar-refractivity contribution in [3.8, 4) is 0 Å². The average Bonchev–Trinajstić information content (AvgIpc) is 3.22. The Labute approximate surface area is 125 Å². The van der Waals surface area contributed by atoms with E-state index in [-0.39, 0.29) is 24.4 Å². The summed E-state index contributed by atoms with van der Waals surface area (Å²) < 4.78 is 17.0. The van der Waals surface area contributed by atoms with Crippen LogP contribution in [0.5, 0.6) is 0 Å². The summed E-state index contributed by atoms with van der Waals surface area (Å²) in [4.78, 5) is 10.6. The van der Waals surface area contributed by atoms with Crippen molar-refractivity contribution in [1.29, 1.82) is 0 Å². The van der Waals surface area contributed by atoms with Gasteiger partial charge in [-0.25, -0.2) is 0 Å². The van der Waals surface area contributed by atoms with E-state index in [9.17, 15) is 4.79 Å². The molecular formula is C17H22O4. The predicted octanol–water partition coefficient (Wildman–Crippen LogP) is 2.35. The van der Waals surface area contributed by atoms with Crippen LogP contribution in [-0.4, -0.2) is 37.3 Å². The highest BCUT2D eigenvalue weighted by atomic mass is 16.6. The summed E-state index contributed by atoms with van der Waals surface area (Å²) >= 11 is 0. The lowest BCUT2D eigenvalue weighted by Gasteiger charge is -2.15. The fraction of sp³-hybridized carbons (Fsp3) is 0.588. The molecule has 0 radical (unpaired) electrons. The van der Waals surface area contributed by atoms with E-state index >= 15 is 0 Å². The SMILES string of the molecule is C[C@@H]1C[C@H]([C@@H]2O[C@H]2C=O)O[C@H]1CCOCc1ccccc1. The van der Waals surface area contributed by atoms with Gasteiger partial charge >= 0.3 is 0 Å². The maximum atomic E-state index is 10.6. The maximum Gasteiger partial charge on any atom is 0.151 e. The second-order valence-corrected chi connectivity index (χ2v) is 5.95. The number of rotatable bonds is 7. The van der Waals surface area contributed by atoms with Crippen molar-refractivity contribution in [3.05, 3.63) is 35.9 Å². The molecule has 0 bridgehead atoms. The van der Waals surface area contributed by atoms with Crippen molar-refractivity contribution in [3.63, 3.8) is 0 Å². The number of carbonyl (C=O) groups excluding carboxylic acids is 1. The van der Waals surface area contributed by atoms with E-state index in [4.69, 9.17) is 14.2 Å². The molecule has 0 unspecified atom stereocenters. The van der Waals surface area contributed by atoms with E-state index < -0.39 is 0 Å². The van der Waals surface area contributed by atoms with Gasteiger partial charge in [-0.15, -0.1) is 0 Å². The molecule has 0 N–H and O–H groups in total.